The molecule has 2 rings (SSSR count). The molecule has 0 aliphatic carbocycles. The van der Waals surface area contributed by atoms with Gasteiger partial charge in [-0.25, -0.2) is 24.0 Å². The van der Waals surface area contributed by atoms with E-state index in [1.807, 2.05) is 13.8 Å². The van der Waals surface area contributed by atoms with Gasteiger partial charge < -0.3 is 5.43 Å². The molecule has 116 valence electrons. The molecule has 0 fully saturated rings. The zero-order valence-corrected chi connectivity index (χ0v) is 13.5. The summed E-state index contributed by atoms with van der Waals surface area (Å²) in [7, 11) is -3.72. The minimum absolute atomic E-state index is 0.0222. The Morgan fingerprint density at radius 1 is 1.48 bits per heavy atom. The number of nitrogens with two attached hydrogens (primary N) is 1. The van der Waals surface area contributed by atoms with Crippen molar-refractivity contribution in [2.45, 2.75) is 24.9 Å². The fraction of sp³-hybridized carbons (Fsp3) is 0.417. The second-order valence-electron chi connectivity index (χ2n) is 4.52. The van der Waals surface area contributed by atoms with Crippen molar-refractivity contribution in [2.75, 3.05) is 16.9 Å². The van der Waals surface area contributed by atoms with E-state index in [-0.39, 0.29) is 16.9 Å². The summed E-state index contributed by atoms with van der Waals surface area (Å²) in [5, 5.41) is 0.0222. The van der Waals surface area contributed by atoms with Crippen molar-refractivity contribution in [1.82, 2.24) is 14.1 Å². The van der Waals surface area contributed by atoms with E-state index < -0.39 is 10.0 Å². The Morgan fingerprint density at radius 2 is 2.24 bits per heavy atom. The van der Waals surface area contributed by atoms with Crippen LogP contribution in [0.1, 0.15) is 13.8 Å². The third-order valence-electron chi connectivity index (χ3n) is 2.81. The first-order chi connectivity index (χ1) is 9.99. The molecule has 1 unspecified atom stereocenters. The van der Waals surface area contributed by atoms with Gasteiger partial charge in [-0.05, 0) is 24.8 Å². The molecule has 0 spiro atoms. The Labute approximate surface area is 128 Å². The van der Waals surface area contributed by atoms with Gasteiger partial charge in [-0.1, -0.05) is 13.0 Å². The van der Waals surface area contributed by atoms with Gasteiger partial charge >= 0.3 is 0 Å². The maximum atomic E-state index is 12.6. The van der Waals surface area contributed by atoms with E-state index in [9.17, 15) is 8.42 Å². The summed E-state index contributed by atoms with van der Waals surface area (Å²) >= 11 is 1.68. The highest BCUT2D eigenvalue weighted by Crippen LogP contribution is 2.22. The van der Waals surface area contributed by atoms with Crippen molar-refractivity contribution in [3.8, 4) is 0 Å². The monoisotopic (exact) mass is 329 g/mol. The molecule has 0 aliphatic rings. The Bertz CT molecular complexity index is 714. The van der Waals surface area contributed by atoms with Gasteiger partial charge in [0.05, 0.1) is 0 Å². The first-order valence-corrected chi connectivity index (χ1v) is 9.17. The molecule has 0 aromatic carbocycles. The van der Waals surface area contributed by atoms with Gasteiger partial charge in [0.1, 0.15) is 5.65 Å². The molecule has 0 amide bonds. The SMILES string of the molecule is CCSCC(C)NS(=O)(=O)c1c(NN)nc2ccccn12. The molecular weight excluding hydrogens is 310 g/mol. The number of thioether (sulfide) groups is 1. The van der Waals surface area contributed by atoms with Crippen molar-refractivity contribution in [1.29, 1.82) is 0 Å². The fourth-order valence-electron chi connectivity index (χ4n) is 1.97. The highest BCUT2D eigenvalue weighted by atomic mass is 32.2. The van der Waals surface area contributed by atoms with Crippen LogP contribution in [0.25, 0.3) is 5.65 Å². The third kappa shape index (κ3) is 3.49. The zero-order valence-electron chi connectivity index (χ0n) is 11.9. The van der Waals surface area contributed by atoms with E-state index >= 15 is 0 Å². The number of hydrogen-bond acceptors (Lipinski definition) is 6. The Balaban J connectivity index is 2.39. The summed E-state index contributed by atoms with van der Waals surface area (Å²) in [5.74, 6) is 7.18. The predicted molar refractivity (Wildman–Crippen MR) is 85.8 cm³/mol. The second kappa shape index (κ2) is 6.65. The summed E-state index contributed by atoms with van der Waals surface area (Å²) in [4.78, 5) is 4.17. The number of rotatable bonds is 7. The molecule has 0 bridgehead atoms. The molecule has 1 atom stereocenters. The van der Waals surface area contributed by atoms with Gasteiger partial charge in [-0.3, -0.25) is 4.40 Å². The fourth-order valence-corrected chi connectivity index (χ4v) is 4.25. The average molecular weight is 329 g/mol. The summed E-state index contributed by atoms with van der Waals surface area (Å²) in [5.41, 5.74) is 2.87. The number of hydrogen-bond donors (Lipinski definition) is 3. The topological polar surface area (TPSA) is 102 Å². The molecule has 2 aromatic rings. The van der Waals surface area contributed by atoms with Crippen LogP contribution in [0.2, 0.25) is 0 Å². The van der Waals surface area contributed by atoms with Gasteiger partial charge in [-0.2, -0.15) is 11.8 Å². The second-order valence-corrected chi connectivity index (χ2v) is 7.47. The van der Waals surface area contributed by atoms with Crippen molar-refractivity contribution >= 4 is 33.3 Å². The number of sulfonamides is 1. The van der Waals surface area contributed by atoms with Crippen LogP contribution in [0.5, 0.6) is 0 Å². The van der Waals surface area contributed by atoms with Gasteiger partial charge in [0, 0.05) is 18.0 Å². The molecule has 4 N–H and O–H groups in total. The molecule has 9 heteroatoms. The van der Waals surface area contributed by atoms with E-state index in [0.717, 1.165) is 5.75 Å². The van der Waals surface area contributed by atoms with Gasteiger partial charge in [0.15, 0.2) is 10.8 Å². The number of hydrazine groups is 1. The maximum absolute atomic E-state index is 12.6. The molecular formula is C12H19N5O2S2. The number of fused-ring (bicyclic) bond motifs is 1. The van der Waals surface area contributed by atoms with Crippen LogP contribution in [0, 0.1) is 0 Å². The lowest BCUT2D eigenvalue weighted by Crippen LogP contribution is -2.35. The standard InChI is InChI=1S/C12H19N5O2S2/c1-3-20-8-9(2)16-21(18,19)12-11(15-13)14-10-6-4-5-7-17(10)12/h4-7,9,15-16H,3,8,13H2,1-2H3. The molecule has 2 heterocycles. The number of anilines is 1. The number of nitrogens with one attached hydrogen (secondary N) is 2. The number of imidazole rings is 1. The van der Waals surface area contributed by atoms with Crippen molar-refractivity contribution < 1.29 is 8.42 Å². The lowest BCUT2D eigenvalue weighted by atomic mass is 10.4. The first-order valence-electron chi connectivity index (χ1n) is 6.53. The summed E-state index contributed by atoms with van der Waals surface area (Å²) < 4.78 is 29.3. The van der Waals surface area contributed by atoms with Gasteiger partial charge in [-0.15, -0.1) is 0 Å². The quantitative estimate of drug-likeness (QED) is 0.518. The van der Waals surface area contributed by atoms with Gasteiger partial charge in [0.25, 0.3) is 10.0 Å². The minimum atomic E-state index is -3.72. The average Bonchev–Trinajstić information content (AvgIpc) is 2.83. The number of nitrogen functional groups attached to an aromatic ring is 1. The Kier molecular flexibility index (Phi) is 5.09. The number of aromatic nitrogens is 2. The van der Waals surface area contributed by atoms with E-state index in [2.05, 4.69) is 15.1 Å². The highest BCUT2D eigenvalue weighted by molar-refractivity contribution is 7.99. The number of nitrogens with zero attached hydrogens (tertiary/aromatic N) is 2. The van der Waals surface area contributed by atoms with E-state index in [1.54, 1.807) is 36.2 Å². The lowest BCUT2D eigenvalue weighted by Gasteiger charge is -2.14. The van der Waals surface area contributed by atoms with Crippen LogP contribution < -0.4 is 16.0 Å². The molecule has 0 aliphatic heterocycles. The largest absolute Gasteiger partial charge is 0.306 e. The van der Waals surface area contributed by atoms with Crippen LogP contribution in [0.3, 0.4) is 0 Å². The van der Waals surface area contributed by atoms with Crippen molar-refractivity contribution in [2.24, 2.45) is 5.84 Å². The van der Waals surface area contributed by atoms with Crippen molar-refractivity contribution in [3.63, 3.8) is 0 Å². The van der Waals surface area contributed by atoms with Crippen LogP contribution in [0.4, 0.5) is 5.82 Å². The summed E-state index contributed by atoms with van der Waals surface area (Å²) in [6.45, 7) is 3.87. The van der Waals surface area contributed by atoms with Crippen LogP contribution in [-0.2, 0) is 10.0 Å². The predicted octanol–water partition coefficient (Wildman–Crippen LogP) is 1.04. The normalized spacial score (nSPS) is 13.5. The van der Waals surface area contributed by atoms with E-state index in [4.69, 9.17) is 5.84 Å². The van der Waals surface area contributed by atoms with Crippen LogP contribution in [-0.4, -0.2) is 35.4 Å². The summed E-state index contributed by atoms with van der Waals surface area (Å²) in [6, 6.07) is 5.06. The molecule has 0 saturated heterocycles. The maximum Gasteiger partial charge on any atom is 0.260 e. The smallest absolute Gasteiger partial charge is 0.260 e. The van der Waals surface area contributed by atoms with Crippen LogP contribution in [0.15, 0.2) is 29.4 Å². The van der Waals surface area contributed by atoms with Crippen LogP contribution >= 0.6 is 11.8 Å². The molecule has 0 saturated carbocycles. The Morgan fingerprint density at radius 3 is 2.90 bits per heavy atom. The van der Waals surface area contributed by atoms with Crippen molar-refractivity contribution in [3.05, 3.63) is 24.4 Å². The number of pyridine rings is 1. The third-order valence-corrected chi connectivity index (χ3v) is 5.56. The van der Waals surface area contributed by atoms with Gasteiger partial charge in [0.2, 0.25) is 0 Å². The highest BCUT2D eigenvalue weighted by Gasteiger charge is 2.26. The molecule has 7 nitrogen and oxygen atoms in total. The Hall–Kier alpha value is -1.29. The van der Waals surface area contributed by atoms with E-state index in [0.29, 0.717) is 11.4 Å². The zero-order chi connectivity index (χ0) is 15.5. The molecule has 2 aromatic heterocycles. The molecule has 0 radical (unpaired) electrons. The molecule has 21 heavy (non-hydrogen) atoms. The van der Waals surface area contributed by atoms with E-state index in [1.165, 1.54) is 4.40 Å². The lowest BCUT2D eigenvalue weighted by molar-refractivity contribution is 0.566. The first kappa shape index (κ1) is 16.1. The minimum Gasteiger partial charge on any atom is -0.306 e. The summed E-state index contributed by atoms with van der Waals surface area (Å²) in [6.07, 6.45) is 1.64.